The Balaban J connectivity index is 1.77. The Hall–Kier alpha value is -3.47. The number of aliphatic carboxylic acids is 1. The highest BCUT2D eigenvalue weighted by Crippen LogP contribution is 2.32. The van der Waals surface area contributed by atoms with E-state index in [1.807, 2.05) is 60.7 Å². The van der Waals surface area contributed by atoms with Gasteiger partial charge in [-0.3, -0.25) is 4.98 Å². The van der Waals surface area contributed by atoms with E-state index in [2.05, 4.69) is 4.90 Å². The van der Waals surface area contributed by atoms with Crippen molar-refractivity contribution in [3.05, 3.63) is 79.0 Å². The molecule has 1 saturated heterocycles. The van der Waals surface area contributed by atoms with Crippen LogP contribution in [0.3, 0.4) is 0 Å². The molecule has 0 radical (unpaired) electrons. The Kier molecular flexibility index (Phi) is 5.15. The summed E-state index contributed by atoms with van der Waals surface area (Å²) < 4.78 is 0. The standard InChI is InChI=1S/C23H21N3O2/c27-21(28)14-13-19-12-7-15-26(19)20-16-24-22(17-8-3-1-4-9-17)23(25-20)18-10-5-2-6-11-18/h1-6,8-11,13-14,16,19H,7,12,15H2,(H,27,28). The van der Waals surface area contributed by atoms with Gasteiger partial charge in [-0.25, -0.2) is 9.78 Å². The minimum absolute atomic E-state index is 0.0246. The van der Waals surface area contributed by atoms with Crippen LogP contribution in [-0.2, 0) is 4.79 Å². The molecular weight excluding hydrogens is 350 g/mol. The normalized spacial score (nSPS) is 16.6. The third kappa shape index (κ3) is 3.78. The van der Waals surface area contributed by atoms with E-state index in [-0.39, 0.29) is 6.04 Å². The zero-order valence-corrected chi connectivity index (χ0v) is 15.4. The number of nitrogens with zero attached hydrogens (tertiary/aromatic N) is 3. The van der Waals surface area contributed by atoms with Crippen LogP contribution in [0.5, 0.6) is 0 Å². The monoisotopic (exact) mass is 371 g/mol. The van der Waals surface area contributed by atoms with Gasteiger partial charge in [0, 0.05) is 29.8 Å². The molecule has 28 heavy (non-hydrogen) atoms. The van der Waals surface area contributed by atoms with Crippen LogP contribution in [0.2, 0.25) is 0 Å². The van der Waals surface area contributed by atoms with E-state index >= 15 is 0 Å². The smallest absolute Gasteiger partial charge is 0.328 e. The van der Waals surface area contributed by atoms with Crippen molar-refractivity contribution < 1.29 is 9.90 Å². The van der Waals surface area contributed by atoms with Crippen LogP contribution in [0.1, 0.15) is 12.8 Å². The minimum Gasteiger partial charge on any atom is -0.478 e. The van der Waals surface area contributed by atoms with E-state index in [1.54, 1.807) is 12.3 Å². The van der Waals surface area contributed by atoms with Gasteiger partial charge >= 0.3 is 5.97 Å². The molecule has 1 aromatic heterocycles. The predicted molar refractivity (Wildman–Crippen MR) is 110 cm³/mol. The van der Waals surface area contributed by atoms with Crippen molar-refractivity contribution in [3.63, 3.8) is 0 Å². The maximum absolute atomic E-state index is 10.9. The lowest BCUT2D eigenvalue weighted by Gasteiger charge is -2.24. The molecule has 0 amide bonds. The summed E-state index contributed by atoms with van der Waals surface area (Å²) in [6.45, 7) is 0.836. The predicted octanol–water partition coefficient (Wildman–Crippen LogP) is 4.42. The lowest BCUT2D eigenvalue weighted by atomic mass is 10.0. The van der Waals surface area contributed by atoms with Crippen molar-refractivity contribution >= 4 is 11.8 Å². The Morgan fingerprint density at radius 1 is 1.00 bits per heavy atom. The summed E-state index contributed by atoms with van der Waals surface area (Å²) in [6, 6.07) is 20.1. The van der Waals surface area contributed by atoms with Gasteiger partial charge < -0.3 is 10.0 Å². The number of carbonyl (C=O) groups is 1. The molecule has 1 unspecified atom stereocenters. The highest BCUT2D eigenvalue weighted by Gasteiger charge is 2.25. The van der Waals surface area contributed by atoms with Crippen molar-refractivity contribution in [2.45, 2.75) is 18.9 Å². The first-order chi connectivity index (χ1) is 13.7. The van der Waals surface area contributed by atoms with Gasteiger partial charge in [-0.1, -0.05) is 66.7 Å². The summed E-state index contributed by atoms with van der Waals surface area (Å²) in [7, 11) is 0. The third-order valence-electron chi connectivity index (χ3n) is 4.91. The topological polar surface area (TPSA) is 66.3 Å². The first kappa shape index (κ1) is 17.9. The van der Waals surface area contributed by atoms with Crippen LogP contribution >= 0.6 is 0 Å². The average Bonchev–Trinajstić information content (AvgIpc) is 3.22. The zero-order valence-electron chi connectivity index (χ0n) is 15.4. The van der Waals surface area contributed by atoms with Crippen molar-refractivity contribution in [2.75, 3.05) is 11.4 Å². The fraction of sp³-hybridized carbons (Fsp3) is 0.174. The van der Waals surface area contributed by atoms with Gasteiger partial charge in [0.25, 0.3) is 0 Å². The maximum Gasteiger partial charge on any atom is 0.328 e. The quantitative estimate of drug-likeness (QED) is 0.673. The Morgan fingerprint density at radius 3 is 2.29 bits per heavy atom. The van der Waals surface area contributed by atoms with Gasteiger partial charge in [0.2, 0.25) is 0 Å². The fourth-order valence-corrected chi connectivity index (χ4v) is 3.59. The molecule has 2 aromatic carbocycles. The number of benzene rings is 2. The van der Waals surface area contributed by atoms with E-state index in [9.17, 15) is 4.79 Å². The van der Waals surface area contributed by atoms with Crippen LogP contribution in [0.4, 0.5) is 5.82 Å². The van der Waals surface area contributed by atoms with Crippen molar-refractivity contribution in [2.24, 2.45) is 0 Å². The Labute approximate surface area is 164 Å². The van der Waals surface area contributed by atoms with E-state index in [0.717, 1.165) is 47.7 Å². The number of carboxylic acid groups (broad SMARTS) is 1. The average molecular weight is 371 g/mol. The molecule has 4 rings (SSSR count). The molecule has 5 heteroatoms. The zero-order chi connectivity index (χ0) is 19.3. The van der Waals surface area contributed by atoms with Crippen LogP contribution in [0, 0.1) is 0 Å². The molecule has 0 bridgehead atoms. The van der Waals surface area contributed by atoms with E-state index in [4.69, 9.17) is 15.1 Å². The van der Waals surface area contributed by atoms with Gasteiger partial charge in [0.05, 0.1) is 17.6 Å². The molecule has 1 aliphatic rings. The van der Waals surface area contributed by atoms with E-state index in [1.165, 1.54) is 6.08 Å². The molecule has 0 saturated carbocycles. The maximum atomic E-state index is 10.9. The van der Waals surface area contributed by atoms with Gasteiger partial charge in [0.15, 0.2) is 0 Å². The fourth-order valence-electron chi connectivity index (χ4n) is 3.59. The van der Waals surface area contributed by atoms with Gasteiger partial charge in [-0.15, -0.1) is 0 Å². The van der Waals surface area contributed by atoms with Crippen LogP contribution < -0.4 is 4.90 Å². The lowest BCUT2D eigenvalue weighted by Crippen LogP contribution is -2.28. The number of carboxylic acids is 1. The molecule has 1 atom stereocenters. The molecule has 3 aromatic rings. The number of anilines is 1. The van der Waals surface area contributed by atoms with Crippen molar-refractivity contribution in [1.82, 2.24) is 9.97 Å². The van der Waals surface area contributed by atoms with E-state index < -0.39 is 5.97 Å². The summed E-state index contributed by atoms with van der Waals surface area (Å²) in [4.78, 5) is 22.8. The SMILES string of the molecule is O=C(O)C=CC1CCCN1c1cnc(-c2ccccc2)c(-c2ccccc2)n1. The van der Waals surface area contributed by atoms with Gasteiger partial charge in [-0.05, 0) is 12.8 Å². The molecule has 1 fully saturated rings. The Morgan fingerprint density at radius 2 is 1.64 bits per heavy atom. The summed E-state index contributed by atoms with van der Waals surface area (Å²) in [5.41, 5.74) is 3.70. The largest absolute Gasteiger partial charge is 0.478 e. The summed E-state index contributed by atoms with van der Waals surface area (Å²) >= 11 is 0. The number of hydrogen-bond acceptors (Lipinski definition) is 4. The summed E-state index contributed by atoms with van der Waals surface area (Å²) in [6.07, 6.45) is 6.66. The summed E-state index contributed by atoms with van der Waals surface area (Å²) in [5, 5.41) is 8.95. The van der Waals surface area contributed by atoms with E-state index in [0.29, 0.717) is 0 Å². The Bertz CT molecular complexity index is 987. The van der Waals surface area contributed by atoms with Crippen LogP contribution in [0.25, 0.3) is 22.5 Å². The molecule has 0 spiro atoms. The lowest BCUT2D eigenvalue weighted by molar-refractivity contribution is -0.131. The summed E-state index contributed by atoms with van der Waals surface area (Å²) in [5.74, 6) is -0.154. The second-order valence-electron chi connectivity index (χ2n) is 6.76. The number of aromatic nitrogens is 2. The molecule has 140 valence electrons. The second kappa shape index (κ2) is 8.05. The van der Waals surface area contributed by atoms with Gasteiger partial charge in [0.1, 0.15) is 5.82 Å². The second-order valence-corrected chi connectivity index (χ2v) is 6.76. The van der Waals surface area contributed by atoms with Crippen molar-refractivity contribution in [1.29, 1.82) is 0 Å². The highest BCUT2D eigenvalue weighted by atomic mass is 16.4. The van der Waals surface area contributed by atoms with Crippen LogP contribution in [0.15, 0.2) is 79.0 Å². The molecule has 2 heterocycles. The molecule has 1 aliphatic heterocycles. The number of hydrogen-bond donors (Lipinski definition) is 1. The molecule has 5 nitrogen and oxygen atoms in total. The first-order valence-corrected chi connectivity index (χ1v) is 9.38. The minimum atomic E-state index is -0.928. The molecular formula is C23H21N3O2. The molecule has 0 aliphatic carbocycles. The first-order valence-electron chi connectivity index (χ1n) is 9.38. The van der Waals surface area contributed by atoms with Crippen molar-refractivity contribution in [3.8, 4) is 22.5 Å². The van der Waals surface area contributed by atoms with Crippen LogP contribution in [-0.4, -0.2) is 33.6 Å². The molecule has 1 N–H and O–H groups in total. The third-order valence-corrected chi connectivity index (χ3v) is 4.91. The highest BCUT2D eigenvalue weighted by molar-refractivity contribution is 5.80. The number of rotatable bonds is 5. The van der Waals surface area contributed by atoms with Gasteiger partial charge in [-0.2, -0.15) is 0 Å².